The van der Waals surface area contributed by atoms with E-state index in [1.54, 1.807) is 0 Å². The molecule has 0 radical (unpaired) electrons. The third-order valence-electron chi connectivity index (χ3n) is 4.03. The van der Waals surface area contributed by atoms with E-state index in [2.05, 4.69) is 53.9 Å². The summed E-state index contributed by atoms with van der Waals surface area (Å²) in [5.74, 6) is 0. The van der Waals surface area contributed by atoms with Crippen molar-refractivity contribution in [1.82, 2.24) is 4.40 Å². The lowest BCUT2D eigenvalue weighted by Gasteiger charge is -2.02. The number of pyridine rings is 1. The van der Waals surface area contributed by atoms with E-state index in [0.717, 1.165) is 17.6 Å². The van der Waals surface area contributed by atoms with Crippen LogP contribution >= 0.6 is 0 Å². The molecule has 0 saturated heterocycles. The molecule has 3 heterocycles. The van der Waals surface area contributed by atoms with E-state index >= 15 is 0 Å². The van der Waals surface area contributed by atoms with Gasteiger partial charge in [-0.1, -0.05) is 37.6 Å². The van der Waals surface area contributed by atoms with Crippen molar-refractivity contribution in [2.24, 2.45) is 0 Å². The Morgan fingerprint density at radius 1 is 1.05 bits per heavy atom. The van der Waals surface area contributed by atoms with Gasteiger partial charge < -0.3 is 8.82 Å². The summed E-state index contributed by atoms with van der Waals surface area (Å²) < 4.78 is 8.39. The zero-order chi connectivity index (χ0) is 13.5. The van der Waals surface area contributed by atoms with Crippen molar-refractivity contribution in [1.29, 1.82) is 0 Å². The first-order valence-electron chi connectivity index (χ1n) is 7.29. The number of nitrogens with zero attached hydrogens (tertiary/aromatic N) is 1. The molecule has 2 heteroatoms. The number of unbranched alkanes of at least 4 members (excludes halogenated alkanes) is 1. The number of benzene rings is 1. The summed E-state index contributed by atoms with van der Waals surface area (Å²) in [7, 11) is 0. The summed E-state index contributed by atoms with van der Waals surface area (Å²) in [6, 6.07) is 14.6. The summed E-state index contributed by atoms with van der Waals surface area (Å²) in [4.78, 5) is 0. The molecule has 0 bridgehead atoms. The second-order valence-corrected chi connectivity index (χ2v) is 5.31. The van der Waals surface area contributed by atoms with Crippen LogP contribution in [0.5, 0.6) is 0 Å². The number of rotatable bonds is 3. The molecule has 20 heavy (non-hydrogen) atoms. The van der Waals surface area contributed by atoms with Gasteiger partial charge >= 0.3 is 0 Å². The van der Waals surface area contributed by atoms with E-state index < -0.39 is 0 Å². The maximum atomic E-state index is 6.11. The Kier molecular flexibility index (Phi) is 2.56. The first kappa shape index (κ1) is 11.6. The van der Waals surface area contributed by atoms with Crippen LogP contribution in [0.3, 0.4) is 0 Å². The van der Waals surface area contributed by atoms with E-state index in [1.165, 1.54) is 34.8 Å². The lowest BCUT2D eigenvalue weighted by atomic mass is 10.1. The summed E-state index contributed by atoms with van der Waals surface area (Å²) in [5, 5.41) is 2.53. The van der Waals surface area contributed by atoms with Crippen LogP contribution in [0.4, 0.5) is 0 Å². The van der Waals surface area contributed by atoms with Gasteiger partial charge in [0.05, 0.1) is 10.9 Å². The molecule has 0 fully saturated rings. The van der Waals surface area contributed by atoms with Crippen LogP contribution in [0.2, 0.25) is 0 Å². The SMILES string of the molecule is CCCCc1c2c3ccccc3oc2c2ccccn12. The molecule has 100 valence electrons. The van der Waals surface area contributed by atoms with Crippen molar-refractivity contribution in [3.63, 3.8) is 0 Å². The molecule has 0 aliphatic carbocycles. The summed E-state index contributed by atoms with van der Waals surface area (Å²) >= 11 is 0. The minimum atomic E-state index is 0.988. The Balaban J connectivity index is 2.16. The van der Waals surface area contributed by atoms with Gasteiger partial charge in [0.1, 0.15) is 5.58 Å². The highest BCUT2D eigenvalue weighted by Crippen LogP contribution is 2.36. The van der Waals surface area contributed by atoms with E-state index in [9.17, 15) is 0 Å². The first-order chi connectivity index (χ1) is 9.90. The molecular weight excluding hydrogens is 246 g/mol. The van der Waals surface area contributed by atoms with Gasteiger partial charge in [-0.15, -0.1) is 0 Å². The largest absolute Gasteiger partial charge is 0.454 e. The highest BCUT2D eigenvalue weighted by atomic mass is 16.3. The van der Waals surface area contributed by atoms with Gasteiger partial charge in [-0.3, -0.25) is 0 Å². The average Bonchev–Trinajstić information content (AvgIpc) is 3.01. The van der Waals surface area contributed by atoms with Gasteiger partial charge in [0.25, 0.3) is 0 Å². The van der Waals surface area contributed by atoms with Crippen molar-refractivity contribution in [2.75, 3.05) is 0 Å². The van der Waals surface area contributed by atoms with E-state index in [0.29, 0.717) is 0 Å². The maximum Gasteiger partial charge on any atom is 0.161 e. The molecule has 3 aromatic heterocycles. The lowest BCUT2D eigenvalue weighted by molar-refractivity contribution is 0.672. The molecule has 2 nitrogen and oxygen atoms in total. The molecular formula is C18H17NO. The van der Waals surface area contributed by atoms with Crippen LogP contribution in [-0.2, 0) is 6.42 Å². The van der Waals surface area contributed by atoms with Crippen molar-refractivity contribution in [3.8, 4) is 0 Å². The number of aromatic nitrogens is 1. The Hall–Kier alpha value is -2.22. The predicted molar refractivity (Wildman–Crippen MR) is 83.3 cm³/mol. The quantitative estimate of drug-likeness (QED) is 0.498. The van der Waals surface area contributed by atoms with Crippen molar-refractivity contribution in [3.05, 3.63) is 54.4 Å². The summed E-state index contributed by atoms with van der Waals surface area (Å²) in [6.45, 7) is 2.24. The minimum absolute atomic E-state index is 0.988. The highest BCUT2D eigenvalue weighted by molar-refractivity contribution is 6.12. The van der Waals surface area contributed by atoms with Crippen LogP contribution in [-0.4, -0.2) is 4.40 Å². The third kappa shape index (κ3) is 1.51. The zero-order valence-electron chi connectivity index (χ0n) is 11.6. The zero-order valence-corrected chi connectivity index (χ0v) is 11.6. The second-order valence-electron chi connectivity index (χ2n) is 5.31. The van der Waals surface area contributed by atoms with Gasteiger partial charge in [0, 0.05) is 17.3 Å². The fourth-order valence-electron chi connectivity index (χ4n) is 3.09. The molecule has 0 unspecified atom stereocenters. The number of para-hydroxylation sites is 1. The second kappa shape index (κ2) is 4.41. The van der Waals surface area contributed by atoms with Crippen molar-refractivity contribution < 1.29 is 4.42 Å². The highest BCUT2D eigenvalue weighted by Gasteiger charge is 2.17. The topological polar surface area (TPSA) is 17.6 Å². The molecule has 0 aliphatic rings. The Morgan fingerprint density at radius 2 is 1.90 bits per heavy atom. The van der Waals surface area contributed by atoms with Crippen molar-refractivity contribution >= 4 is 27.5 Å². The molecule has 1 aromatic carbocycles. The van der Waals surface area contributed by atoms with Gasteiger partial charge in [-0.25, -0.2) is 0 Å². The lowest BCUT2D eigenvalue weighted by Crippen LogP contribution is -1.92. The molecule has 4 rings (SSSR count). The molecule has 0 spiro atoms. The van der Waals surface area contributed by atoms with Gasteiger partial charge in [-0.2, -0.15) is 0 Å². The number of fused-ring (bicyclic) bond motifs is 5. The van der Waals surface area contributed by atoms with E-state index in [-0.39, 0.29) is 0 Å². The van der Waals surface area contributed by atoms with Gasteiger partial charge in [0.2, 0.25) is 0 Å². The molecule has 0 amide bonds. The number of furan rings is 1. The van der Waals surface area contributed by atoms with E-state index in [4.69, 9.17) is 4.42 Å². The van der Waals surface area contributed by atoms with Crippen LogP contribution in [0.1, 0.15) is 25.5 Å². The normalized spacial score (nSPS) is 11.8. The molecule has 4 aromatic rings. The summed E-state index contributed by atoms with van der Waals surface area (Å²) in [6.07, 6.45) is 5.65. The van der Waals surface area contributed by atoms with Crippen LogP contribution in [0, 0.1) is 0 Å². The Bertz CT molecular complexity index is 892. The van der Waals surface area contributed by atoms with Crippen LogP contribution in [0.15, 0.2) is 53.1 Å². The fourth-order valence-corrected chi connectivity index (χ4v) is 3.09. The fraction of sp³-hybridized carbons (Fsp3) is 0.222. The smallest absolute Gasteiger partial charge is 0.161 e. The van der Waals surface area contributed by atoms with Gasteiger partial charge in [-0.05, 0) is 31.0 Å². The monoisotopic (exact) mass is 263 g/mol. The first-order valence-corrected chi connectivity index (χ1v) is 7.29. The van der Waals surface area contributed by atoms with E-state index in [1.807, 2.05) is 6.07 Å². The molecule has 0 aliphatic heterocycles. The number of aryl methyl sites for hydroxylation is 1. The molecule has 0 saturated carbocycles. The molecule has 0 atom stereocenters. The average molecular weight is 263 g/mol. The van der Waals surface area contributed by atoms with Gasteiger partial charge in [0.15, 0.2) is 5.58 Å². The Labute approximate surface area is 117 Å². The predicted octanol–water partition coefficient (Wildman–Crippen LogP) is 5.18. The van der Waals surface area contributed by atoms with Crippen LogP contribution < -0.4 is 0 Å². The standard InChI is InChI=1S/C18H17NO/c1-2-3-9-14-17-13-8-4-5-11-16(13)20-18(17)15-10-6-7-12-19(14)15/h4-8,10-12H,2-3,9H2,1H3. The maximum absolute atomic E-state index is 6.11. The van der Waals surface area contributed by atoms with Crippen molar-refractivity contribution in [2.45, 2.75) is 26.2 Å². The number of hydrogen-bond acceptors (Lipinski definition) is 1. The third-order valence-corrected chi connectivity index (χ3v) is 4.03. The molecule has 0 N–H and O–H groups in total. The Morgan fingerprint density at radius 3 is 2.80 bits per heavy atom. The van der Waals surface area contributed by atoms with Crippen LogP contribution in [0.25, 0.3) is 27.5 Å². The minimum Gasteiger partial charge on any atom is -0.454 e. The number of hydrogen-bond donors (Lipinski definition) is 0. The summed E-state index contributed by atoms with van der Waals surface area (Å²) in [5.41, 5.74) is 4.56.